The number of halogens is 1. The number of amides is 1. The molecule has 2 aromatic carbocycles. The summed E-state index contributed by atoms with van der Waals surface area (Å²) in [4.78, 5) is 11.5. The highest BCUT2D eigenvalue weighted by atomic mass is 79.9. The van der Waals surface area contributed by atoms with E-state index in [1.807, 2.05) is 0 Å². The zero-order chi connectivity index (χ0) is 16.9. The SMILES string of the molecule is COc1cc(NC(=O)CBr)ccc1NS(=O)(=O)c1ccccc1. The van der Waals surface area contributed by atoms with Crippen LogP contribution in [0.25, 0.3) is 0 Å². The van der Waals surface area contributed by atoms with Gasteiger partial charge in [-0.15, -0.1) is 0 Å². The van der Waals surface area contributed by atoms with Crippen molar-refractivity contribution in [2.75, 3.05) is 22.5 Å². The zero-order valence-electron chi connectivity index (χ0n) is 12.2. The van der Waals surface area contributed by atoms with Crippen molar-refractivity contribution >= 4 is 43.2 Å². The molecule has 23 heavy (non-hydrogen) atoms. The smallest absolute Gasteiger partial charge is 0.262 e. The second kappa shape index (κ2) is 7.47. The van der Waals surface area contributed by atoms with Gasteiger partial charge in [-0.2, -0.15) is 0 Å². The first-order valence-corrected chi connectivity index (χ1v) is 9.18. The number of sulfonamides is 1. The van der Waals surface area contributed by atoms with Crippen LogP contribution in [0.3, 0.4) is 0 Å². The molecular formula is C15H15BrN2O4S. The van der Waals surface area contributed by atoms with Crippen molar-refractivity contribution in [3.63, 3.8) is 0 Å². The Morgan fingerprint density at radius 3 is 2.48 bits per heavy atom. The van der Waals surface area contributed by atoms with E-state index in [1.165, 1.54) is 25.3 Å². The standard InChI is InChI=1S/C15H15BrN2O4S/c1-22-14-9-11(17-15(19)10-16)7-8-13(14)18-23(20,21)12-5-3-2-4-6-12/h2-9,18H,10H2,1H3,(H,17,19). The molecule has 2 aromatic rings. The van der Waals surface area contributed by atoms with Gasteiger partial charge in [0.15, 0.2) is 0 Å². The Morgan fingerprint density at radius 2 is 1.87 bits per heavy atom. The van der Waals surface area contributed by atoms with E-state index in [2.05, 4.69) is 26.0 Å². The molecule has 0 aliphatic heterocycles. The van der Waals surface area contributed by atoms with Crippen molar-refractivity contribution in [1.82, 2.24) is 0 Å². The predicted octanol–water partition coefficient (Wildman–Crippen LogP) is 2.83. The van der Waals surface area contributed by atoms with E-state index >= 15 is 0 Å². The Balaban J connectivity index is 2.28. The normalized spacial score (nSPS) is 10.9. The third-order valence-corrected chi connectivity index (χ3v) is 4.80. The molecule has 2 N–H and O–H groups in total. The lowest BCUT2D eigenvalue weighted by Crippen LogP contribution is -2.15. The Hall–Kier alpha value is -2.06. The molecule has 0 aliphatic carbocycles. The maximum Gasteiger partial charge on any atom is 0.262 e. The molecule has 0 atom stereocenters. The van der Waals surface area contributed by atoms with Gasteiger partial charge >= 0.3 is 0 Å². The minimum absolute atomic E-state index is 0.152. The Labute approximate surface area is 143 Å². The molecule has 0 radical (unpaired) electrons. The van der Waals surface area contributed by atoms with E-state index < -0.39 is 10.0 Å². The van der Waals surface area contributed by atoms with E-state index in [1.54, 1.807) is 30.3 Å². The van der Waals surface area contributed by atoms with Gasteiger partial charge in [0, 0.05) is 11.8 Å². The summed E-state index contributed by atoms with van der Waals surface area (Å²) >= 11 is 3.05. The molecule has 6 nitrogen and oxygen atoms in total. The van der Waals surface area contributed by atoms with Crippen molar-refractivity contribution in [2.45, 2.75) is 4.90 Å². The number of hydrogen-bond acceptors (Lipinski definition) is 4. The van der Waals surface area contributed by atoms with Crippen LogP contribution in [-0.4, -0.2) is 26.8 Å². The molecule has 0 heterocycles. The average Bonchev–Trinajstić information content (AvgIpc) is 2.56. The topological polar surface area (TPSA) is 84.5 Å². The van der Waals surface area contributed by atoms with E-state index in [-0.39, 0.29) is 21.8 Å². The fraction of sp³-hybridized carbons (Fsp3) is 0.133. The van der Waals surface area contributed by atoms with Crippen LogP contribution in [0.15, 0.2) is 53.4 Å². The summed E-state index contributed by atoms with van der Waals surface area (Å²) in [5.74, 6) is 0.0848. The second-order valence-electron chi connectivity index (χ2n) is 4.52. The quantitative estimate of drug-likeness (QED) is 0.732. The fourth-order valence-electron chi connectivity index (χ4n) is 1.85. The van der Waals surface area contributed by atoms with Crippen molar-refractivity contribution in [3.05, 3.63) is 48.5 Å². The van der Waals surface area contributed by atoms with Gasteiger partial charge in [-0.05, 0) is 24.3 Å². The van der Waals surface area contributed by atoms with Gasteiger partial charge in [0.25, 0.3) is 10.0 Å². The van der Waals surface area contributed by atoms with E-state index in [9.17, 15) is 13.2 Å². The number of methoxy groups -OCH3 is 1. The summed E-state index contributed by atoms with van der Waals surface area (Å²) in [6.45, 7) is 0. The number of benzene rings is 2. The monoisotopic (exact) mass is 398 g/mol. The number of carbonyl (C=O) groups excluding carboxylic acids is 1. The maximum absolute atomic E-state index is 12.3. The molecule has 0 saturated carbocycles. The molecule has 2 rings (SSSR count). The molecule has 0 spiro atoms. The maximum atomic E-state index is 12.3. The first-order chi connectivity index (χ1) is 11.0. The summed E-state index contributed by atoms with van der Waals surface area (Å²) in [6.07, 6.45) is 0. The lowest BCUT2D eigenvalue weighted by atomic mass is 10.2. The van der Waals surface area contributed by atoms with Gasteiger partial charge < -0.3 is 10.1 Å². The lowest BCUT2D eigenvalue weighted by molar-refractivity contribution is -0.113. The summed E-state index contributed by atoms with van der Waals surface area (Å²) in [7, 11) is -2.29. The molecule has 0 aliphatic rings. The molecule has 122 valence electrons. The highest BCUT2D eigenvalue weighted by Crippen LogP contribution is 2.30. The highest BCUT2D eigenvalue weighted by Gasteiger charge is 2.16. The minimum atomic E-state index is -3.71. The lowest BCUT2D eigenvalue weighted by Gasteiger charge is -2.13. The number of nitrogens with one attached hydrogen (secondary N) is 2. The van der Waals surface area contributed by atoms with Crippen molar-refractivity contribution in [3.8, 4) is 5.75 Å². The second-order valence-corrected chi connectivity index (χ2v) is 6.76. The predicted molar refractivity (Wildman–Crippen MR) is 92.7 cm³/mol. The van der Waals surface area contributed by atoms with Crippen LogP contribution in [0.5, 0.6) is 5.75 Å². The first kappa shape index (κ1) is 17.3. The number of anilines is 2. The van der Waals surface area contributed by atoms with Gasteiger partial charge in [-0.3, -0.25) is 9.52 Å². The van der Waals surface area contributed by atoms with Crippen LogP contribution < -0.4 is 14.8 Å². The summed E-state index contributed by atoms with van der Waals surface area (Å²) in [5.41, 5.74) is 0.794. The van der Waals surface area contributed by atoms with E-state index in [0.717, 1.165) is 0 Å². The first-order valence-electron chi connectivity index (χ1n) is 6.58. The molecule has 0 aromatic heterocycles. The van der Waals surface area contributed by atoms with Gasteiger partial charge in [0.2, 0.25) is 5.91 Å². The number of carbonyl (C=O) groups is 1. The molecule has 8 heteroatoms. The third-order valence-electron chi connectivity index (χ3n) is 2.90. The molecule has 1 amide bonds. The van der Waals surface area contributed by atoms with Crippen molar-refractivity contribution in [2.24, 2.45) is 0 Å². The van der Waals surface area contributed by atoms with Crippen LogP contribution in [0.2, 0.25) is 0 Å². The van der Waals surface area contributed by atoms with Gasteiger partial charge in [-0.1, -0.05) is 34.1 Å². The van der Waals surface area contributed by atoms with E-state index in [4.69, 9.17) is 4.74 Å². The number of ether oxygens (including phenoxy) is 1. The molecule has 0 saturated heterocycles. The molecular weight excluding hydrogens is 384 g/mol. The van der Waals surface area contributed by atoms with E-state index in [0.29, 0.717) is 11.4 Å². The largest absolute Gasteiger partial charge is 0.494 e. The van der Waals surface area contributed by atoms with Crippen LogP contribution in [-0.2, 0) is 14.8 Å². The number of hydrogen-bond donors (Lipinski definition) is 2. The third kappa shape index (κ3) is 4.46. The summed E-state index contributed by atoms with van der Waals surface area (Å²) in [6, 6.07) is 12.7. The van der Waals surface area contributed by atoms with Gasteiger partial charge in [0.05, 0.1) is 23.0 Å². The van der Waals surface area contributed by atoms with Crippen LogP contribution in [0.1, 0.15) is 0 Å². The van der Waals surface area contributed by atoms with Crippen molar-refractivity contribution in [1.29, 1.82) is 0 Å². The van der Waals surface area contributed by atoms with Crippen LogP contribution in [0, 0.1) is 0 Å². The minimum Gasteiger partial charge on any atom is -0.494 e. The molecule has 0 unspecified atom stereocenters. The Morgan fingerprint density at radius 1 is 1.17 bits per heavy atom. The summed E-state index contributed by atoms with van der Waals surface area (Å²) < 4.78 is 32.3. The summed E-state index contributed by atoms with van der Waals surface area (Å²) in [5, 5.41) is 2.81. The van der Waals surface area contributed by atoms with Crippen LogP contribution >= 0.6 is 15.9 Å². The average molecular weight is 399 g/mol. The van der Waals surface area contributed by atoms with Gasteiger partial charge in [0.1, 0.15) is 5.75 Å². The van der Waals surface area contributed by atoms with Gasteiger partial charge in [-0.25, -0.2) is 8.42 Å². The molecule has 0 fully saturated rings. The zero-order valence-corrected chi connectivity index (χ0v) is 14.6. The number of alkyl halides is 1. The number of rotatable bonds is 6. The molecule has 0 bridgehead atoms. The fourth-order valence-corrected chi connectivity index (χ4v) is 3.08. The van der Waals surface area contributed by atoms with Crippen molar-refractivity contribution < 1.29 is 17.9 Å². The highest BCUT2D eigenvalue weighted by molar-refractivity contribution is 9.09. The van der Waals surface area contributed by atoms with Crippen LogP contribution in [0.4, 0.5) is 11.4 Å². The Kier molecular flexibility index (Phi) is 5.62. The Bertz CT molecular complexity index is 794.